The highest BCUT2D eigenvalue weighted by atomic mass is 16.4. The number of rotatable bonds is 4. The van der Waals surface area contributed by atoms with Crippen molar-refractivity contribution in [3.05, 3.63) is 34.9 Å². The molecule has 5 heteroatoms. The summed E-state index contributed by atoms with van der Waals surface area (Å²) in [5, 5.41) is 12.1. The van der Waals surface area contributed by atoms with E-state index < -0.39 is 11.4 Å². The molecule has 22 heavy (non-hydrogen) atoms. The third kappa shape index (κ3) is 3.78. The van der Waals surface area contributed by atoms with Crippen LogP contribution >= 0.6 is 0 Å². The molecular weight excluding hydrogens is 280 g/mol. The molecule has 2 amide bonds. The molecule has 0 aliphatic carbocycles. The van der Waals surface area contributed by atoms with Crippen molar-refractivity contribution in [2.75, 3.05) is 19.6 Å². The number of urea groups is 1. The molecule has 0 radical (unpaired) electrons. The van der Waals surface area contributed by atoms with Gasteiger partial charge in [0.25, 0.3) is 0 Å². The molecule has 0 bridgehead atoms. The molecule has 2 rings (SSSR count). The van der Waals surface area contributed by atoms with Gasteiger partial charge in [0.2, 0.25) is 0 Å². The number of nitrogens with one attached hydrogen (secondary N) is 1. The van der Waals surface area contributed by atoms with Crippen molar-refractivity contribution in [2.24, 2.45) is 5.41 Å². The predicted octanol–water partition coefficient (Wildman–Crippen LogP) is 2.35. The molecule has 1 aromatic carbocycles. The summed E-state index contributed by atoms with van der Waals surface area (Å²) in [6.07, 6.45) is 1.28. The highest BCUT2D eigenvalue weighted by Crippen LogP contribution is 2.29. The van der Waals surface area contributed by atoms with Gasteiger partial charge in [-0.1, -0.05) is 29.3 Å². The summed E-state index contributed by atoms with van der Waals surface area (Å²) >= 11 is 0. The average Bonchev–Trinajstić information content (AvgIpc) is 2.82. The number of carbonyl (C=O) groups is 2. The molecule has 0 saturated carbocycles. The summed E-state index contributed by atoms with van der Waals surface area (Å²) in [5.74, 6) is -0.835. The maximum Gasteiger partial charge on any atom is 0.317 e. The van der Waals surface area contributed by atoms with Gasteiger partial charge in [0, 0.05) is 19.6 Å². The Labute approximate surface area is 131 Å². The van der Waals surface area contributed by atoms with Gasteiger partial charge in [0.15, 0.2) is 0 Å². The summed E-state index contributed by atoms with van der Waals surface area (Å²) in [6.45, 7) is 7.15. The number of likely N-dealkylation sites (tertiary alicyclic amines) is 1. The summed E-state index contributed by atoms with van der Waals surface area (Å²) in [4.78, 5) is 24.9. The fourth-order valence-corrected chi connectivity index (χ4v) is 2.95. The number of hydrogen-bond acceptors (Lipinski definition) is 2. The number of hydrogen-bond donors (Lipinski definition) is 2. The van der Waals surface area contributed by atoms with Gasteiger partial charge in [-0.05, 0) is 39.2 Å². The largest absolute Gasteiger partial charge is 0.481 e. The lowest BCUT2D eigenvalue weighted by Crippen LogP contribution is -2.41. The molecule has 1 heterocycles. The Balaban J connectivity index is 1.82. The second kappa shape index (κ2) is 6.38. The van der Waals surface area contributed by atoms with Gasteiger partial charge in [-0.15, -0.1) is 0 Å². The minimum absolute atomic E-state index is 0.172. The number of carboxylic acids is 1. The van der Waals surface area contributed by atoms with E-state index in [4.69, 9.17) is 0 Å². The van der Waals surface area contributed by atoms with Gasteiger partial charge in [0.05, 0.1) is 5.41 Å². The molecule has 1 aromatic rings. The first kappa shape index (κ1) is 16.3. The van der Waals surface area contributed by atoms with Gasteiger partial charge < -0.3 is 15.3 Å². The van der Waals surface area contributed by atoms with E-state index in [0.717, 1.165) is 6.42 Å². The van der Waals surface area contributed by atoms with Gasteiger partial charge in [0.1, 0.15) is 0 Å². The number of aryl methyl sites for hydroxylation is 2. The summed E-state index contributed by atoms with van der Waals surface area (Å²) in [6, 6.07) is 6.20. The van der Waals surface area contributed by atoms with Crippen molar-refractivity contribution in [3.63, 3.8) is 0 Å². The first-order valence-electron chi connectivity index (χ1n) is 7.63. The molecular formula is C17H24N2O3. The van der Waals surface area contributed by atoms with Gasteiger partial charge in [-0.25, -0.2) is 4.79 Å². The van der Waals surface area contributed by atoms with Crippen LogP contribution < -0.4 is 5.32 Å². The summed E-state index contributed by atoms with van der Waals surface area (Å²) < 4.78 is 0. The lowest BCUT2D eigenvalue weighted by atomic mass is 9.90. The van der Waals surface area contributed by atoms with Crippen molar-refractivity contribution in [1.29, 1.82) is 0 Å². The molecule has 120 valence electrons. The van der Waals surface area contributed by atoms with Crippen LogP contribution in [0.25, 0.3) is 0 Å². The maximum atomic E-state index is 12.1. The normalized spacial score (nSPS) is 21.0. The fraction of sp³-hybridized carbons (Fsp3) is 0.529. The number of benzene rings is 1. The highest BCUT2D eigenvalue weighted by Gasteiger charge is 2.42. The SMILES string of the molecule is Cc1cc(C)cc(CCNC(=O)N2CCC(C)(C(=O)O)C2)c1. The predicted molar refractivity (Wildman–Crippen MR) is 85.0 cm³/mol. The smallest absolute Gasteiger partial charge is 0.317 e. The zero-order valence-corrected chi connectivity index (χ0v) is 13.5. The first-order valence-corrected chi connectivity index (χ1v) is 7.63. The zero-order chi connectivity index (χ0) is 16.3. The summed E-state index contributed by atoms with van der Waals surface area (Å²) in [5.41, 5.74) is 2.83. The number of carboxylic acid groups (broad SMARTS) is 1. The molecule has 0 aromatic heterocycles. The number of carbonyl (C=O) groups excluding carboxylic acids is 1. The topological polar surface area (TPSA) is 69.6 Å². The van der Waals surface area contributed by atoms with Crippen LogP contribution in [0.1, 0.15) is 30.0 Å². The minimum atomic E-state index is -0.835. The molecule has 1 aliphatic heterocycles. The molecule has 1 saturated heterocycles. The molecule has 1 fully saturated rings. The van der Waals surface area contributed by atoms with Crippen LogP contribution in [-0.2, 0) is 11.2 Å². The molecule has 1 unspecified atom stereocenters. The van der Waals surface area contributed by atoms with E-state index in [-0.39, 0.29) is 12.6 Å². The van der Waals surface area contributed by atoms with Gasteiger partial charge in [-0.3, -0.25) is 4.79 Å². The van der Waals surface area contributed by atoms with Crippen molar-refractivity contribution in [3.8, 4) is 0 Å². The van der Waals surface area contributed by atoms with E-state index in [0.29, 0.717) is 19.5 Å². The van der Waals surface area contributed by atoms with Crippen molar-refractivity contribution in [1.82, 2.24) is 10.2 Å². The lowest BCUT2D eigenvalue weighted by Gasteiger charge is -2.20. The Morgan fingerprint density at radius 2 is 1.91 bits per heavy atom. The summed E-state index contributed by atoms with van der Waals surface area (Å²) in [7, 11) is 0. The van der Waals surface area contributed by atoms with E-state index in [9.17, 15) is 14.7 Å². The second-order valence-corrected chi connectivity index (χ2v) is 6.52. The molecule has 1 atom stereocenters. The van der Waals surface area contributed by atoms with Gasteiger partial charge in [-0.2, -0.15) is 0 Å². The van der Waals surface area contributed by atoms with E-state index in [1.54, 1.807) is 11.8 Å². The quantitative estimate of drug-likeness (QED) is 0.897. The van der Waals surface area contributed by atoms with Crippen molar-refractivity contribution in [2.45, 2.75) is 33.6 Å². The first-order chi connectivity index (χ1) is 10.3. The van der Waals surface area contributed by atoms with E-state index in [1.807, 2.05) is 0 Å². The molecule has 2 N–H and O–H groups in total. The molecule has 5 nitrogen and oxygen atoms in total. The third-order valence-electron chi connectivity index (χ3n) is 4.25. The van der Waals surface area contributed by atoms with Crippen LogP contribution in [-0.4, -0.2) is 41.6 Å². The number of nitrogens with zero attached hydrogens (tertiary/aromatic N) is 1. The number of aliphatic carboxylic acids is 1. The third-order valence-corrected chi connectivity index (χ3v) is 4.25. The molecule has 1 aliphatic rings. The lowest BCUT2D eigenvalue weighted by molar-refractivity contribution is -0.146. The fourth-order valence-electron chi connectivity index (χ4n) is 2.95. The van der Waals surface area contributed by atoms with Crippen LogP contribution in [0, 0.1) is 19.3 Å². The van der Waals surface area contributed by atoms with Crippen molar-refractivity contribution >= 4 is 12.0 Å². The van der Waals surface area contributed by atoms with E-state index in [1.165, 1.54) is 16.7 Å². The number of amides is 2. The van der Waals surface area contributed by atoms with E-state index in [2.05, 4.69) is 37.4 Å². The van der Waals surface area contributed by atoms with Crippen molar-refractivity contribution < 1.29 is 14.7 Å². The molecule has 0 spiro atoms. The van der Waals surface area contributed by atoms with Crippen LogP contribution in [0.2, 0.25) is 0 Å². The van der Waals surface area contributed by atoms with Crippen LogP contribution in [0.3, 0.4) is 0 Å². The Bertz CT molecular complexity index is 565. The standard InChI is InChI=1S/C17H24N2O3/c1-12-8-13(2)10-14(9-12)4-6-18-16(22)19-7-5-17(3,11-19)15(20)21/h8-10H,4-7,11H2,1-3H3,(H,18,22)(H,20,21). The Morgan fingerprint density at radius 1 is 1.27 bits per heavy atom. The van der Waals surface area contributed by atoms with E-state index >= 15 is 0 Å². The van der Waals surface area contributed by atoms with Crippen LogP contribution in [0.5, 0.6) is 0 Å². The zero-order valence-electron chi connectivity index (χ0n) is 13.5. The Morgan fingerprint density at radius 3 is 2.45 bits per heavy atom. The maximum absolute atomic E-state index is 12.1. The van der Waals surface area contributed by atoms with Gasteiger partial charge >= 0.3 is 12.0 Å². The highest BCUT2D eigenvalue weighted by molar-refractivity contribution is 5.79. The van der Waals surface area contributed by atoms with Crippen LogP contribution in [0.4, 0.5) is 4.79 Å². The van der Waals surface area contributed by atoms with Crippen LogP contribution in [0.15, 0.2) is 18.2 Å². The average molecular weight is 304 g/mol. The monoisotopic (exact) mass is 304 g/mol. The minimum Gasteiger partial charge on any atom is -0.481 e. The Hall–Kier alpha value is -2.04. The Kier molecular flexibility index (Phi) is 4.74. The second-order valence-electron chi connectivity index (χ2n) is 6.52.